The lowest BCUT2D eigenvalue weighted by molar-refractivity contribution is 0.464. The van der Waals surface area contributed by atoms with E-state index in [1.807, 2.05) is 24.5 Å². The molecule has 0 saturated heterocycles. The topological polar surface area (TPSA) is 46.2 Å². The fraction of sp³-hybridized carbons (Fsp3) is 0.400. The van der Waals surface area contributed by atoms with Crippen LogP contribution < -0.4 is 5.73 Å². The van der Waals surface area contributed by atoms with E-state index in [1.54, 1.807) is 17.8 Å². The van der Waals surface area contributed by atoms with Gasteiger partial charge >= 0.3 is 0 Å². The number of para-hydroxylation sites is 1. The van der Waals surface area contributed by atoms with Crippen LogP contribution in [0.1, 0.15) is 11.5 Å². The molecule has 0 amide bonds. The van der Waals surface area contributed by atoms with Crippen LogP contribution in [-0.4, -0.2) is 23.7 Å². The molecule has 13 heavy (non-hydrogen) atoms. The van der Waals surface area contributed by atoms with Crippen LogP contribution in [0, 0.1) is 0 Å². The van der Waals surface area contributed by atoms with Crippen LogP contribution in [0.5, 0.6) is 5.75 Å². The highest BCUT2D eigenvalue weighted by Crippen LogP contribution is 2.26. The van der Waals surface area contributed by atoms with Gasteiger partial charge in [0.15, 0.2) is 0 Å². The maximum absolute atomic E-state index is 9.57. The summed E-state index contributed by atoms with van der Waals surface area (Å²) in [5.41, 5.74) is 6.59. The minimum atomic E-state index is 0.260. The monoisotopic (exact) mass is 197 g/mol. The molecular weight excluding hydrogens is 182 g/mol. The van der Waals surface area contributed by atoms with Crippen molar-refractivity contribution in [2.45, 2.75) is 5.92 Å². The first kappa shape index (κ1) is 10.4. The lowest BCUT2D eigenvalue weighted by Gasteiger charge is -2.14. The van der Waals surface area contributed by atoms with Gasteiger partial charge in [-0.15, -0.1) is 0 Å². The lowest BCUT2D eigenvalue weighted by Crippen LogP contribution is -2.14. The highest BCUT2D eigenvalue weighted by atomic mass is 32.2. The average Bonchev–Trinajstić information content (AvgIpc) is 2.16. The molecule has 72 valence electrons. The largest absolute Gasteiger partial charge is 0.508 e. The Morgan fingerprint density at radius 3 is 2.69 bits per heavy atom. The fourth-order valence-corrected chi connectivity index (χ4v) is 2.04. The Morgan fingerprint density at radius 1 is 1.46 bits per heavy atom. The smallest absolute Gasteiger partial charge is 0.119 e. The Kier molecular flexibility index (Phi) is 4.12. The average molecular weight is 197 g/mol. The fourth-order valence-electron chi connectivity index (χ4n) is 1.32. The second kappa shape index (κ2) is 5.14. The van der Waals surface area contributed by atoms with Gasteiger partial charge < -0.3 is 10.8 Å². The van der Waals surface area contributed by atoms with E-state index in [9.17, 15) is 5.11 Å². The number of benzene rings is 1. The zero-order valence-corrected chi connectivity index (χ0v) is 8.55. The first-order valence-corrected chi connectivity index (χ1v) is 5.66. The van der Waals surface area contributed by atoms with Gasteiger partial charge in [-0.3, -0.25) is 0 Å². The van der Waals surface area contributed by atoms with Gasteiger partial charge in [-0.25, -0.2) is 0 Å². The van der Waals surface area contributed by atoms with Gasteiger partial charge in [0.2, 0.25) is 0 Å². The van der Waals surface area contributed by atoms with Crippen molar-refractivity contribution in [1.82, 2.24) is 0 Å². The van der Waals surface area contributed by atoms with E-state index in [1.165, 1.54) is 0 Å². The quantitative estimate of drug-likeness (QED) is 0.773. The Morgan fingerprint density at radius 2 is 2.15 bits per heavy atom. The van der Waals surface area contributed by atoms with Crippen molar-refractivity contribution in [2.24, 2.45) is 5.73 Å². The molecule has 0 aliphatic carbocycles. The number of hydrogen-bond acceptors (Lipinski definition) is 3. The predicted octanol–water partition coefficient (Wildman–Crippen LogP) is 1.80. The third-order valence-electron chi connectivity index (χ3n) is 2.03. The molecule has 0 aromatic heterocycles. The van der Waals surface area contributed by atoms with Gasteiger partial charge in [-0.2, -0.15) is 11.8 Å². The molecule has 1 atom stereocenters. The number of phenols is 1. The van der Waals surface area contributed by atoms with Gasteiger partial charge in [-0.1, -0.05) is 18.2 Å². The molecule has 0 aliphatic heterocycles. The first-order valence-electron chi connectivity index (χ1n) is 4.26. The Hall–Kier alpha value is -0.670. The van der Waals surface area contributed by atoms with Crippen molar-refractivity contribution in [3.05, 3.63) is 29.8 Å². The number of phenolic OH excluding ortho intramolecular Hbond substituents is 1. The summed E-state index contributed by atoms with van der Waals surface area (Å²) in [6, 6.07) is 7.39. The molecule has 1 unspecified atom stereocenters. The van der Waals surface area contributed by atoms with Gasteiger partial charge in [-0.05, 0) is 17.9 Å². The Labute approximate surface area is 83.1 Å². The van der Waals surface area contributed by atoms with Crippen molar-refractivity contribution in [1.29, 1.82) is 0 Å². The molecule has 3 N–H and O–H groups in total. The second-order valence-corrected chi connectivity index (χ2v) is 3.86. The van der Waals surface area contributed by atoms with Gasteiger partial charge in [0, 0.05) is 18.2 Å². The standard InChI is InChI=1S/C10H15NOS/c1-13-7-8(6-11)9-4-2-3-5-10(9)12/h2-5,8,12H,6-7,11H2,1H3. The van der Waals surface area contributed by atoms with E-state index >= 15 is 0 Å². The van der Waals surface area contributed by atoms with E-state index in [0.717, 1.165) is 11.3 Å². The summed E-state index contributed by atoms with van der Waals surface area (Å²) < 4.78 is 0. The molecule has 0 fully saturated rings. The summed E-state index contributed by atoms with van der Waals surface area (Å²) in [7, 11) is 0. The van der Waals surface area contributed by atoms with Crippen LogP contribution >= 0.6 is 11.8 Å². The predicted molar refractivity (Wildman–Crippen MR) is 58.3 cm³/mol. The van der Waals surface area contributed by atoms with Crippen molar-refractivity contribution in [3.63, 3.8) is 0 Å². The summed E-state index contributed by atoms with van der Waals surface area (Å²) in [6.07, 6.45) is 2.04. The highest BCUT2D eigenvalue weighted by molar-refractivity contribution is 7.98. The number of thioether (sulfide) groups is 1. The molecule has 0 aliphatic rings. The molecule has 1 aromatic carbocycles. The SMILES string of the molecule is CSCC(CN)c1ccccc1O. The zero-order valence-electron chi connectivity index (χ0n) is 7.73. The zero-order chi connectivity index (χ0) is 9.68. The van der Waals surface area contributed by atoms with E-state index in [2.05, 4.69) is 0 Å². The molecule has 1 aromatic rings. The molecule has 0 radical (unpaired) electrons. The number of nitrogens with two attached hydrogens (primary N) is 1. The third kappa shape index (κ3) is 2.64. The summed E-state index contributed by atoms with van der Waals surface area (Å²) in [6.45, 7) is 0.582. The minimum absolute atomic E-state index is 0.260. The molecule has 0 spiro atoms. The third-order valence-corrected chi connectivity index (χ3v) is 2.76. The van der Waals surface area contributed by atoms with Crippen molar-refractivity contribution in [2.75, 3.05) is 18.6 Å². The van der Waals surface area contributed by atoms with Crippen LogP contribution in [-0.2, 0) is 0 Å². The van der Waals surface area contributed by atoms with Crippen LogP contribution in [0.25, 0.3) is 0 Å². The highest BCUT2D eigenvalue weighted by Gasteiger charge is 2.11. The summed E-state index contributed by atoms with van der Waals surface area (Å²) in [4.78, 5) is 0. The normalized spacial score (nSPS) is 12.8. The molecular formula is C10H15NOS. The van der Waals surface area contributed by atoms with Crippen molar-refractivity contribution < 1.29 is 5.11 Å². The Bertz CT molecular complexity index is 265. The maximum atomic E-state index is 9.57. The van der Waals surface area contributed by atoms with Crippen LogP contribution in [0.15, 0.2) is 24.3 Å². The Balaban J connectivity index is 2.84. The lowest BCUT2D eigenvalue weighted by atomic mass is 10.0. The maximum Gasteiger partial charge on any atom is 0.119 e. The van der Waals surface area contributed by atoms with E-state index in [0.29, 0.717) is 12.3 Å². The minimum Gasteiger partial charge on any atom is -0.508 e. The number of aromatic hydroxyl groups is 1. The molecule has 0 bridgehead atoms. The summed E-state index contributed by atoms with van der Waals surface area (Å²) in [5, 5.41) is 9.57. The first-order chi connectivity index (χ1) is 6.29. The van der Waals surface area contributed by atoms with Gasteiger partial charge in [0.25, 0.3) is 0 Å². The van der Waals surface area contributed by atoms with Gasteiger partial charge in [0.1, 0.15) is 5.75 Å². The molecule has 1 rings (SSSR count). The second-order valence-electron chi connectivity index (χ2n) is 2.95. The van der Waals surface area contributed by atoms with Crippen molar-refractivity contribution in [3.8, 4) is 5.75 Å². The van der Waals surface area contributed by atoms with E-state index in [-0.39, 0.29) is 5.92 Å². The van der Waals surface area contributed by atoms with Crippen LogP contribution in [0.4, 0.5) is 0 Å². The molecule has 0 heterocycles. The molecule has 2 nitrogen and oxygen atoms in total. The molecule has 3 heteroatoms. The van der Waals surface area contributed by atoms with Crippen LogP contribution in [0.2, 0.25) is 0 Å². The summed E-state index contributed by atoms with van der Waals surface area (Å²) >= 11 is 1.75. The number of rotatable bonds is 4. The van der Waals surface area contributed by atoms with E-state index < -0.39 is 0 Å². The van der Waals surface area contributed by atoms with Gasteiger partial charge in [0.05, 0.1) is 0 Å². The van der Waals surface area contributed by atoms with E-state index in [4.69, 9.17) is 5.73 Å². The molecule has 0 saturated carbocycles. The van der Waals surface area contributed by atoms with Crippen molar-refractivity contribution >= 4 is 11.8 Å². The number of hydrogen-bond donors (Lipinski definition) is 2. The summed E-state index contributed by atoms with van der Waals surface area (Å²) in [5.74, 6) is 1.57. The van der Waals surface area contributed by atoms with Crippen LogP contribution in [0.3, 0.4) is 0 Å².